The third-order valence-corrected chi connectivity index (χ3v) is 5.77. The van der Waals surface area contributed by atoms with E-state index in [4.69, 9.17) is 10.7 Å². The number of primary amides is 1. The first kappa shape index (κ1) is 19.1. The van der Waals surface area contributed by atoms with Crippen LogP contribution in [0.15, 0.2) is 64.8 Å². The second-order valence-electron chi connectivity index (χ2n) is 7.02. The minimum absolute atomic E-state index is 0.0878. The molecule has 0 aliphatic heterocycles. The zero-order chi connectivity index (χ0) is 20.4. The Morgan fingerprint density at radius 2 is 1.79 bits per heavy atom. The number of thiophene rings is 1. The average Bonchev–Trinajstić information content (AvgIpc) is 3.15. The number of rotatable bonds is 6. The number of nitrogens with two attached hydrogens (primary N) is 1. The summed E-state index contributed by atoms with van der Waals surface area (Å²) >= 11 is 1.47. The molecule has 0 aliphatic carbocycles. The van der Waals surface area contributed by atoms with E-state index in [2.05, 4.69) is 0 Å². The van der Waals surface area contributed by atoms with Crippen molar-refractivity contribution in [2.45, 2.75) is 26.3 Å². The van der Waals surface area contributed by atoms with Gasteiger partial charge in [-0.05, 0) is 18.9 Å². The van der Waals surface area contributed by atoms with Gasteiger partial charge in [0.25, 0.3) is 5.56 Å². The SMILES string of the molecule is Cc1ccc(-c2nc3scc(-c4ccccc4)c3c(=O)n2CCCC(N)=O)cc1. The molecule has 4 aromatic rings. The number of hydrogen-bond donors (Lipinski definition) is 1. The smallest absolute Gasteiger partial charge is 0.263 e. The number of nitrogens with zero attached hydrogens (tertiary/aromatic N) is 2. The molecule has 1 amide bonds. The van der Waals surface area contributed by atoms with Crippen LogP contribution in [-0.4, -0.2) is 15.5 Å². The first-order valence-corrected chi connectivity index (χ1v) is 10.4. The quantitative estimate of drug-likeness (QED) is 0.519. The number of carbonyl (C=O) groups excluding carboxylic acids is 1. The van der Waals surface area contributed by atoms with Crippen molar-refractivity contribution in [1.29, 1.82) is 0 Å². The van der Waals surface area contributed by atoms with Gasteiger partial charge in [0.15, 0.2) is 0 Å². The van der Waals surface area contributed by atoms with E-state index < -0.39 is 0 Å². The Balaban J connectivity index is 1.91. The molecule has 2 aromatic heterocycles. The predicted molar refractivity (Wildman–Crippen MR) is 118 cm³/mol. The summed E-state index contributed by atoms with van der Waals surface area (Å²) in [6, 6.07) is 17.8. The highest BCUT2D eigenvalue weighted by atomic mass is 32.1. The normalized spacial score (nSPS) is 11.1. The number of aromatic nitrogens is 2. The van der Waals surface area contributed by atoms with Gasteiger partial charge in [0.1, 0.15) is 10.7 Å². The third-order valence-electron chi connectivity index (χ3n) is 4.89. The minimum atomic E-state index is -0.371. The summed E-state index contributed by atoms with van der Waals surface area (Å²) in [4.78, 5) is 30.3. The van der Waals surface area contributed by atoms with Gasteiger partial charge in [-0.15, -0.1) is 11.3 Å². The second kappa shape index (κ2) is 8.01. The number of carbonyl (C=O) groups is 1. The Morgan fingerprint density at radius 1 is 1.07 bits per heavy atom. The van der Waals surface area contributed by atoms with Crippen LogP contribution >= 0.6 is 11.3 Å². The fraction of sp³-hybridized carbons (Fsp3) is 0.174. The Kier molecular flexibility index (Phi) is 5.27. The van der Waals surface area contributed by atoms with E-state index >= 15 is 0 Å². The van der Waals surface area contributed by atoms with Crippen LogP contribution in [0.1, 0.15) is 18.4 Å². The molecule has 0 saturated heterocycles. The largest absolute Gasteiger partial charge is 0.370 e. The highest BCUT2D eigenvalue weighted by molar-refractivity contribution is 7.17. The van der Waals surface area contributed by atoms with Crippen LogP contribution < -0.4 is 11.3 Å². The molecule has 6 heteroatoms. The van der Waals surface area contributed by atoms with Gasteiger partial charge in [-0.2, -0.15) is 0 Å². The molecule has 0 aliphatic rings. The Labute approximate surface area is 172 Å². The Hall–Kier alpha value is -3.25. The van der Waals surface area contributed by atoms with Gasteiger partial charge in [-0.3, -0.25) is 14.2 Å². The maximum atomic E-state index is 13.5. The lowest BCUT2D eigenvalue weighted by atomic mass is 10.1. The molecular weight excluding hydrogens is 382 g/mol. The lowest BCUT2D eigenvalue weighted by molar-refractivity contribution is -0.118. The fourth-order valence-corrected chi connectivity index (χ4v) is 4.33. The number of aryl methyl sites for hydroxylation is 1. The fourth-order valence-electron chi connectivity index (χ4n) is 3.40. The van der Waals surface area contributed by atoms with Crippen molar-refractivity contribution in [3.05, 3.63) is 75.9 Å². The van der Waals surface area contributed by atoms with E-state index in [1.165, 1.54) is 11.3 Å². The van der Waals surface area contributed by atoms with Crippen LogP contribution in [-0.2, 0) is 11.3 Å². The lowest BCUT2D eigenvalue weighted by Crippen LogP contribution is -2.24. The molecular formula is C23H21N3O2S. The minimum Gasteiger partial charge on any atom is -0.370 e. The Bertz CT molecular complexity index is 1220. The van der Waals surface area contributed by atoms with E-state index in [9.17, 15) is 9.59 Å². The van der Waals surface area contributed by atoms with Crippen LogP contribution in [0.2, 0.25) is 0 Å². The van der Waals surface area contributed by atoms with Crippen LogP contribution in [0.4, 0.5) is 0 Å². The standard InChI is InChI=1S/C23H21N3O2S/c1-15-9-11-17(12-10-15)21-25-22-20(23(28)26(21)13-5-8-19(24)27)18(14-29-22)16-6-3-2-4-7-16/h2-4,6-7,9-12,14H,5,8,13H2,1H3,(H2,24,27). The summed E-state index contributed by atoms with van der Waals surface area (Å²) in [6.07, 6.45) is 0.721. The zero-order valence-corrected chi connectivity index (χ0v) is 16.9. The molecule has 0 fully saturated rings. The monoisotopic (exact) mass is 403 g/mol. The molecule has 2 heterocycles. The first-order valence-electron chi connectivity index (χ1n) is 9.47. The molecule has 5 nitrogen and oxygen atoms in total. The van der Waals surface area contributed by atoms with Gasteiger partial charge in [0.05, 0.1) is 5.39 Å². The van der Waals surface area contributed by atoms with E-state index in [0.717, 1.165) is 27.1 Å². The topological polar surface area (TPSA) is 78.0 Å². The zero-order valence-electron chi connectivity index (χ0n) is 16.1. The van der Waals surface area contributed by atoms with Crippen LogP contribution in [0.25, 0.3) is 32.7 Å². The van der Waals surface area contributed by atoms with E-state index in [0.29, 0.717) is 24.2 Å². The van der Waals surface area contributed by atoms with Crippen LogP contribution in [0, 0.1) is 6.92 Å². The molecule has 2 aromatic carbocycles. The number of fused-ring (bicyclic) bond motifs is 1. The summed E-state index contributed by atoms with van der Waals surface area (Å²) in [5.74, 6) is 0.248. The summed E-state index contributed by atoms with van der Waals surface area (Å²) in [6.45, 7) is 2.41. The van der Waals surface area contributed by atoms with Gasteiger partial charge in [0.2, 0.25) is 5.91 Å². The summed E-state index contributed by atoms with van der Waals surface area (Å²) in [5, 5.41) is 2.61. The van der Waals surface area contributed by atoms with Crippen molar-refractivity contribution in [2.24, 2.45) is 5.73 Å². The van der Waals surface area contributed by atoms with Crippen LogP contribution in [0.3, 0.4) is 0 Å². The van der Waals surface area contributed by atoms with Gasteiger partial charge in [0, 0.05) is 29.5 Å². The molecule has 0 bridgehead atoms. The molecule has 0 spiro atoms. The molecule has 0 unspecified atom stereocenters. The van der Waals surface area contributed by atoms with E-state index in [1.54, 1.807) is 4.57 Å². The van der Waals surface area contributed by atoms with Crippen molar-refractivity contribution in [3.8, 4) is 22.5 Å². The van der Waals surface area contributed by atoms with Crippen molar-refractivity contribution in [2.75, 3.05) is 0 Å². The molecule has 146 valence electrons. The first-order chi connectivity index (χ1) is 14.0. The van der Waals surface area contributed by atoms with Gasteiger partial charge in [-0.25, -0.2) is 4.98 Å². The molecule has 4 rings (SSSR count). The molecule has 2 N–H and O–H groups in total. The Morgan fingerprint density at radius 3 is 2.48 bits per heavy atom. The number of benzene rings is 2. The summed E-state index contributed by atoms with van der Waals surface area (Å²) in [7, 11) is 0. The van der Waals surface area contributed by atoms with E-state index in [-0.39, 0.29) is 17.9 Å². The number of amides is 1. The molecule has 0 radical (unpaired) electrons. The van der Waals surface area contributed by atoms with Gasteiger partial charge >= 0.3 is 0 Å². The van der Waals surface area contributed by atoms with Crippen molar-refractivity contribution in [3.63, 3.8) is 0 Å². The maximum Gasteiger partial charge on any atom is 0.263 e. The highest BCUT2D eigenvalue weighted by Crippen LogP contribution is 2.32. The highest BCUT2D eigenvalue weighted by Gasteiger charge is 2.18. The maximum absolute atomic E-state index is 13.5. The molecule has 29 heavy (non-hydrogen) atoms. The lowest BCUT2D eigenvalue weighted by Gasteiger charge is -2.13. The van der Waals surface area contributed by atoms with E-state index in [1.807, 2.05) is 66.9 Å². The third kappa shape index (κ3) is 3.84. The van der Waals surface area contributed by atoms with Crippen molar-refractivity contribution < 1.29 is 4.79 Å². The summed E-state index contributed by atoms with van der Waals surface area (Å²) < 4.78 is 1.68. The van der Waals surface area contributed by atoms with Crippen molar-refractivity contribution in [1.82, 2.24) is 9.55 Å². The van der Waals surface area contributed by atoms with Crippen LogP contribution in [0.5, 0.6) is 0 Å². The van der Waals surface area contributed by atoms with Gasteiger partial charge < -0.3 is 5.73 Å². The number of hydrogen-bond acceptors (Lipinski definition) is 4. The average molecular weight is 404 g/mol. The van der Waals surface area contributed by atoms with Gasteiger partial charge in [-0.1, -0.05) is 60.2 Å². The second-order valence-corrected chi connectivity index (χ2v) is 7.88. The summed E-state index contributed by atoms with van der Waals surface area (Å²) in [5.41, 5.74) is 9.10. The van der Waals surface area contributed by atoms with Crippen molar-refractivity contribution >= 4 is 27.5 Å². The molecule has 0 atom stereocenters. The predicted octanol–water partition coefficient (Wildman–Crippen LogP) is 4.37. The molecule has 0 saturated carbocycles.